The van der Waals surface area contributed by atoms with E-state index in [1.54, 1.807) is 12.4 Å². The van der Waals surface area contributed by atoms with Gasteiger partial charge in [0.2, 0.25) is 0 Å². The van der Waals surface area contributed by atoms with E-state index in [9.17, 15) is 4.79 Å². The molecule has 0 bridgehead atoms. The number of carboxylic acids is 1. The first-order chi connectivity index (χ1) is 8.58. The molecule has 0 saturated heterocycles. The highest BCUT2D eigenvalue weighted by Crippen LogP contribution is 2.04. The summed E-state index contributed by atoms with van der Waals surface area (Å²) in [6.07, 6.45) is 3.70. The third kappa shape index (κ3) is 6.32. The van der Waals surface area contributed by atoms with Crippen molar-refractivity contribution in [3.05, 3.63) is 30.1 Å². The fourth-order valence-corrected chi connectivity index (χ4v) is 1.61. The van der Waals surface area contributed by atoms with Crippen LogP contribution in [0.5, 0.6) is 0 Å². The predicted molar refractivity (Wildman–Crippen MR) is 70.3 cm³/mol. The lowest BCUT2D eigenvalue weighted by Gasteiger charge is -2.23. The molecular formula is C13H21N3O2. The van der Waals surface area contributed by atoms with E-state index >= 15 is 0 Å². The lowest BCUT2D eigenvalue weighted by molar-refractivity contribution is -0.137. The van der Waals surface area contributed by atoms with Gasteiger partial charge in [-0.05, 0) is 31.8 Å². The Morgan fingerprint density at radius 1 is 1.22 bits per heavy atom. The first kappa shape index (κ1) is 14.6. The maximum atomic E-state index is 10.6. The van der Waals surface area contributed by atoms with Gasteiger partial charge in [0.25, 0.3) is 0 Å². The molecule has 0 unspecified atom stereocenters. The minimum atomic E-state index is -0.750. The molecule has 1 N–H and O–H groups in total. The minimum Gasteiger partial charge on any atom is -0.481 e. The summed E-state index contributed by atoms with van der Waals surface area (Å²) in [6, 6.07) is 3.92. The minimum absolute atomic E-state index is 0.179. The largest absolute Gasteiger partial charge is 0.481 e. The molecule has 5 nitrogen and oxygen atoms in total. The Balaban J connectivity index is 2.50. The number of carboxylic acid groups (broad SMARTS) is 1. The maximum absolute atomic E-state index is 10.6. The van der Waals surface area contributed by atoms with Crippen LogP contribution < -0.4 is 0 Å². The summed E-state index contributed by atoms with van der Waals surface area (Å²) in [5, 5.41) is 8.76. The van der Waals surface area contributed by atoms with Crippen LogP contribution in [0.1, 0.15) is 12.0 Å². The number of pyridine rings is 1. The molecule has 1 rings (SSSR count). The van der Waals surface area contributed by atoms with Crippen LogP contribution in [0.3, 0.4) is 0 Å². The van der Waals surface area contributed by atoms with Gasteiger partial charge in [0.05, 0.1) is 6.42 Å². The molecule has 0 radical (unpaired) electrons. The van der Waals surface area contributed by atoms with Crippen molar-refractivity contribution < 1.29 is 9.90 Å². The van der Waals surface area contributed by atoms with Crippen LogP contribution in [-0.2, 0) is 11.3 Å². The Morgan fingerprint density at radius 3 is 2.44 bits per heavy atom. The second-order valence-electron chi connectivity index (χ2n) is 4.58. The lowest BCUT2D eigenvalue weighted by atomic mass is 10.2. The molecular weight excluding hydrogens is 230 g/mol. The lowest BCUT2D eigenvalue weighted by Crippen LogP contribution is -2.33. The van der Waals surface area contributed by atoms with Gasteiger partial charge in [-0.2, -0.15) is 0 Å². The molecule has 0 fully saturated rings. The molecule has 5 heteroatoms. The number of likely N-dealkylation sites (N-methyl/N-ethyl adjacent to an activating group) is 1. The van der Waals surface area contributed by atoms with E-state index in [2.05, 4.69) is 14.8 Å². The average Bonchev–Trinajstić information content (AvgIpc) is 2.33. The van der Waals surface area contributed by atoms with Crippen LogP contribution in [0.25, 0.3) is 0 Å². The SMILES string of the molecule is CN(C)CCN(CCC(=O)O)Cc1ccncc1. The average molecular weight is 251 g/mol. The van der Waals surface area contributed by atoms with E-state index in [-0.39, 0.29) is 6.42 Å². The summed E-state index contributed by atoms with van der Waals surface area (Å²) in [4.78, 5) is 18.9. The topological polar surface area (TPSA) is 56.7 Å². The number of aromatic nitrogens is 1. The second-order valence-corrected chi connectivity index (χ2v) is 4.58. The van der Waals surface area contributed by atoms with Gasteiger partial charge >= 0.3 is 5.97 Å². The van der Waals surface area contributed by atoms with Crippen LogP contribution in [0.4, 0.5) is 0 Å². The number of carbonyl (C=O) groups is 1. The van der Waals surface area contributed by atoms with Gasteiger partial charge in [0.1, 0.15) is 0 Å². The van der Waals surface area contributed by atoms with E-state index in [1.807, 2.05) is 26.2 Å². The van der Waals surface area contributed by atoms with Crippen molar-refractivity contribution in [1.29, 1.82) is 0 Å². The summed E-state index contributed by atoms with van der Waals surface area (Å²) in [6.45, 7) is 3.13. The molecule has 1 aromatic rings. The molecule has 0 aliphatic rings. The monoisotopic (exact) mass is 251 g/mol. The molecule has 0 saturated carbocycles. The van der Waals surface area contributed by atoms with Crippen molar-refractivity contribution in [2.24, 2.45) is 0 Å². The molecule has 0 aromatic carbocycles. The Bertz CT molecular complexity index is 355. The first-order valence-corrected chi connectivity index (χ1v) is 6.05. The fourth-order valence-electron chi connectivity index (χ4n) is 1.61. The molecule has 0 aliphatic heterocycles. The second kappa shape index (κ2) is 7.79. The summed E-state index contributed by atoms with van der Waals surface area (Å²) in [5.41, 5.74) is 1.16. The summed E-state index contributed by atoms with van der Waals surface area (Å²) < 4.78 is 0. The zero-order chi connectivity index (χ0) is 13.4. The standard InChI is InChI=1S/C13H21N3O2/c1-15(2)9-10-16(8-5-13(17)18)11-12-3-6-14-7-4-12/h3-4,6-7H,5,8-11H2,1-2H3,(H,17,18). The smallest absolute Gasteiger partial charge is 0.304 e. The normalized spacial score (nSPS) is 11.1. The van der Waals surface area contributed by atoms with Crippen LogP contribution >= 0.6 is 0 Å². The van der Waals surface area contributed by atoms with E-state index < -0.39 is 5.97 Å². The molecule has 0 aliphatic carbocycles. The summed E-state index contributed by atoms with van der Waals surface area (Å²) in [7, 11) is 4.03. The van der Waals surface area contributed by atoms with E-state index in [4.69, 9.17) is 5.11 Å². The van der Waals surface area contributed by atoms with Gasteiger partial charge in [-0.25, -0.2) is 0 Å². The number of nitrogens with zero attached hydrogens (tertiary/aromatic N) is 3. The number of hydrogen-bond acceptors (Lipinski definition) is 4. The third-order valence-electron chi connectivity index (χ3n) is 2.66. The van der Waals surface area contributed by atoms with Crippen molar-refractivity contribution in [3.63, 3.8) is 0 Å². The Morgan fingerprint density at radius 2 is 1.89 bits per heavy atom. The predicted octanol–water partition coefficient (Wildman–Crippen LogP) is 0.920. The zero-order valence-corrected chi connectivity index (χ0v) is 11.0. The van der Waals surface area contributed by atoms with Crippen molar-refractivity contribution >= 4 is 5.97 Å². The highest BCUT2D eigenvalue weighted by Gasteiger charge is 2.08. The van der Waals surface area contributed by atoms with Gasteiger partial charge in [-0.15, -0.1) is 0 Å². The molecule has 0 atom stereocenters. The van der Waals surface area contributed by atoms with E-state index in [1.165, 1.54) is 0 Å². The highest BCUT2D eigenvalue weighted by atomic mass is 16.4. The van der Waals surface area contributed by atoms with Crippen LogP contribution in [0.2, 0.25) is 0 Å². The van der Waals surface area contributed by atoms with Gasteiger partial charge in [0, 0.05) is 38.6 Å². The Hall–Kier alpha value is -1.46. The van der Waals surface area contributed by atoms with Gasteiger partial charge < -0.3 is 10.0 Å². The fraction of sp³-hybridized carbons (Fsp3) is 0.538. The Labute approximate surface area is 108 Å². The Kier molecular flexibility index (Phi) is 6.32. The van der Waals surface area contributed by atoms with E-state index in [0.29, 0.717) is 6.54 Å². The van der Waals surface area contributed by atoms with Crippen molar-refractivity contribution in [1.82, 2.24) is 14.8 Å². The third-order valence-corrected chi connectivity index (χ3v) is 2.66. The molecule has 100 valence electrons. The quantitative estimate of drug-likeness (QED) is 0.744. The van der Waals surface area contributed by atoms with Crippen LogP contribution in [-0.4, -0.2) is 59.6 Å². The van der Waals surface area contributed by atoms with Gasteiger partial charge in [0.15, 0.2) is 0 Å². The van der Waals surface area contributed by atoms with Crippen molar-refractivity contribution in [3.8, 4) is 0 Å². The maximum Gasteiger partial charge on any atom is 0.304 e. The molecule has 1 heterocycles. The molecule has 0 spiro atoms. The van der Waals surface area contributed by atoms with Crippen LogP contribution in [0, 0.1) is 0 Å². The molecule has 1 aromatic heterocycles. The van der Waals surface area contributed by atoms with Gasteiger partial charge in [-0.1, -0.05) is 0 Å². The highest BCUT2D eigenvalue weighted by molar-refractivity contribution is 5.66. The van der Waals surface area contributed by atoms with Gasteiger partial charge in [-0.3, -0.25) is 14.7 Å². The summed E-state index contributed by atoms with van der Waals surface area (Å²) in [5.74, 6) is -0.750. The zero-order valence-electron chi connectivity index (χ0n) is 11.0. The number of aliphatic carboxylic acids is 1. The number of hydrogen-bond donors (Lipinski definition) is 1. The molecule has 0 amide bonds. The number of rotatable bonds is 8. The summed E-state index contributed by atoms with van der Waals surface area (Å²) >= 11 is 0. The molecule has 18 heavy (non-hydrogen) atoms. The van der Waals surface area contributed by atoms with E-state index in [0.717, 1.165) is 25.2 Å². The first-order valence-electron chi connectivity index (χ1n) is 6.05. The van der Waals surface area contributed by atoms with Crippen LogP contribution in [0.15, 0.2) is 24.5 Å². The van der Waals surface area contributed by atoms with Crippen molar-refractivity contribution in [2.75, 3.05) is 33.7 Å². The van der Waals surface area contributed by atoms with Crippen molar-refractivity contribution in [2.45, 2.75) is 13.0 Å².